The average molecular weight is 550 g/mol. The lowest BCUT2D eigenvalue weighted by molar-refractivity contribution is 0.669. The molecule has 0 aliphatic heterocycles. The zero-order chi connectivity index (χ0) is 30.9. The van der Waals surface area contributed by atoms with Crippen LogP contribution >= 0.6 is 0 Å². The predicted molar refractivity (Wildman–Crippen MR) is 183 cm³/mol. The lowest BCUT2D eigenvalue weighted by Gasteiger charge is -2.18. The fraction of sp³-hybridized carbons (Fsp3) is 0. The second-order valence-corrected chi connectivity index (χ2v) is 11.0. The van der Waals surface area contributed by atoms with Gasteiger partial charge in [-0.25, -0.2) is 0 Å². The highest BCUT2D eigenvalue weighted by molar-refractivity contribution is 6.22. The van der Waals surface area contributed by atoms with Crippen LogP contribution in [0.25, 0.3) is 87.6 Å². The topological polar surface area (TPSA) is 13.1 Å². The molecule has 0 radical (unpaired) electrons. The van der Waals surface area contributed by atoms with Crippen molar-refractivity contribution in [1.29, 1.82) is 0 Å². The summed E-state index contributed by atoms with van der Waals surface area (Å²) in [4.78, 5) is 0. The Bertz CT molecular complexity index is 2610. The van der Waals surface area contributed by atoms with Crippen LogP contribution in [0.4, 0.5) is 0 Å². The smallest absolute Gasteiger partial charge is 0.136 e. The van der Waals surface area contributed by atoms with Crippen molar-refractivity contribution in [3.8, 4) is 33.4 Å². The highest BCUT2D eigenvalue weighted by Crippen LogP contribution is 2.45. The fourth-order valence-corrected chi connectivity index (χ4v) is 6.59. The van der Waals surface area contributed by atoms with Crippen molar-refractivity contribution in [3.63, 3.8) is 0 Å². The van der Waals surface area contributed by atoms with Crippen molar-refractivity contribution in [2.75, 3.05) is 0 Å². The van der Waals surface area contributed by atoms with Crippen molar-refractivity contribution in [1.82, 2.24) is 0 Å². The van der Waals surface area contributed by atoms with Gasteiger partial charge in [-0.15, -0.1) is 0 Å². The molecule has 8 aromatic carbocycles. The van der Waals surface area contributed by atoms with Crippen molar-refractivity contribution >= 4 is 54.3 Å². The lowest BCUT2D eigenvalue weighted by Crippen LogP contribution is -1.91. The van der Waals surface area contributed by atoms with Crippen LogP contribution in [-0.2, 0) is 0 Å². The van der Waals surface area contributed by atoms with Crippen LogP contribution in [0.3, 0.4) is 0 Å². The third kappa shape index (κ3) is 3.79. The monoisotopic (exact) mass is 549 g/mol. The van der Waals surface area contributed by atoms with E-state index in [-0.39, 0.29) is 23.7 Å². The van der Waals surface area contributed by atoms with E-state index in [2.05, 4.69) is 72.8 Å². The van der Waals surface area contributed by atoms with E-state index in [0.717, 1.165) is 65.5 Å². The van der Waals surface area contributed by atoms with Crippen LogP contribution in [-0.4, -0.2) is 0 Å². The first-order chi connectivity index (χ1) is 22.6. The molecular formula is C42H26O. The summed E-state index contributed by atoms with van der Waals surface area (Å²) in [7, 11) is 0. The summed E-state index contributed by atoms with van der Waals surface area (Å²) < 4.78 is 34.3. The van der Waals surface area contributed by atoms with Crippen LogP contribution in [0, 0.1) is 0 Å². The number of benzene rings is 8. The van der Waals surface area contributed by atoms with Gasteiger partial charge in [-0.1, -0.05) is 127 Å². The zero-order valence-corrected chi connectivity index (χ0v) is 23.2. The van der Waals surface area contributed by atoms with Crippen molar-refractivity contribution < 1.29 is 8.53 Å². The molecule has 0 amide bonds. The molecule has 1 nitrogen and oxygen atoms in total. The first kappa shape index (κ1) is 21.1. The lowest BCUT2D eigenvalue weighted by atomic mass is 9.85. The molecule has 9 rings (SSSR count). The molecule has 0 saturated carbocycles. The van der Waals surface area contributed by atoms with Gasteiger partial charge in [0.05, 0.1) is 4.11 Å². The van der Waals surface area contributed by atoms with E-state index in [1.54, 1.807) is 0 Å². The Morgan fingerprint density at radius 1 is 0.372 bits per heavy atom. The Labute approximate surface area is 253 Å². The van der Waals surface area contributed by atoms with Gasteiger partial charge in [0.1, 0.15) is 11.2 Å². The Balaban J connectivity index is 1.39. The summed E-state index contributed by atoms with van der Waals surface area (Å²) in [5, 5.41) is 7.40. The highest BCUT2D eigenvalue weighted by atomic mass is 16.3. The quantitative estimate of drug-likeness (QED) is 0.200. The van der Waals surface area contributed by atoms with Gasteiger partial charge < -0.3 is 4.42 Å². The van der Waals surface area contributed by atoms with E-state index in [1.807, 2.05) is 66.7 Å². The van der Waals surface area contributed by atoms with Crippen LogP contribution in [0.5, 0.6) is 0 Å². The van der Waals surface area contributed by atoms with E-state index in [1.165, 1.54) is 0 Å². The summed E-state index contributed by atoms with van der Waals surface area (Å²) >= 11 is 0. The van der Waals surface area contributed by atoms with E-state index < -0.39 is 0 Å². The normalized spacial score (nSPS) is 12.7. The standard InChI is InChI=1S/C42H26O/c1-2-11-27(12-3-1)28-15-10-16-31(23-28)41-33-17-6-8-19-35(33)42(36-20-9-7-18-34(36)41)32-21-22-39-37(25-32)38-24-29-13-4-5-14-30(29)26-40(38)43-39/h1-26H/i21D,22D,25D. The molecule has 1 aromatic heterocycles. The van der Waals surface area contributed by atoms with Crippen LogP contribution in [0.1, 0.15) is 4.11 Å². The number of rotatable bonds is 3. The molecule has 0 N–H and O–H groups in total. The molecule has 0 saturated heterocycles. The second-order valence-electron chi connectivity index (χ2n) is 11.0. The van der Waals surface area contributed by atoms with Gasteiger partial charge in [-0.3, -0.25) is 0 Å². The SMILES string of the molecule is [2H]c1c(-c2c3ccccc3c(-c3cccc(-c4ccccc4)c3)c3ccccc23)c([2H])c2c(oc3cc4ccccc4cc32)c1[2H]. The van der Waals surface area contributed by atoms with Gasteiger partial charge in [-0.05, 0) is 96.0 Å². The molecular weight excluding hydrogens is 520 g/mol. The van der Waals surface area contributed by atoms with Crippen LogP contribution in [0.2, 0.25) is 0 Å². The third-order valence-electron chi connectivity index (χ3n) is 8.55. The third-order valence-corrected chi connectivity index (χ3v) is 8.55. The minimum absolute atomic E-state index is 0.00441. The first-order valence-electron chi connectivity index (χ1n) is 16.0. The van der Waals surface area contributed by atoms with Crippen molar-refractivity contribution in [3.05, 3.63) is 158 Å². The molecule has 200 valence electrons. The molecule has 0 aliphatic carbocycles. The Kier molecular flexibility index (Phi) is 4.63. The molecule has 9 aromatic rings. The molecule has 0 unspecified atom stereocenters. The molecule has 43 heavy (non-hydrogen) atoms. The van der Waals surface area contributed by atoms with E-state index in [0.29, 0.717) is 16.5 Å². The van der Waals surface area contributed by atoms with Gasteiger partial charge in [0, 0.05) is 10.8 Å². The minimum atomic E-state index is -0.00550. The Hall–Kier alpha value is -5.66. The maximum atomic E-state index is 9.65. The van der Waals surface area contributed by atoms with E-state index >= 15 is 0 Å². The first-order valence-corrected chi connectivity index (χ1v) is 14.5. The molecule has 1 heterocycles. The maximum absolute atomic E-state index is 9.65. The van der Waals surface area contributed by atoms with E-state index in [9.17, 15) is 2.74 Å². The minimum Gasteiger partial charge on any atom is -0.456 e. The van der Waals surface area contributed by atoms with Gasteiger partial charge in [0.2, 0.25) is 0 Å². The van der Waals surface area contributed by atoms with Gasteiger partial charge in [-0.2, -0.15) is 0 Å². The number of hydrogen-bond donors (Lipinski definition) is 0. The molecule has 0 spiro atoms. The Morgan fingerprint density at radius 2 is 0.930 bits per heavy atom. The summed E-state index contributed by atoms with van der Waals surface area (Å²) in [6, 6.07) is 47.8. The summed E-state index contributed by atoms with van der Waals surface area (Å²) in [5.41, 5.74) is 6.66. The summed E-state index contributed by atoms with van der Waals surface area (Å²) in [5.74, 6) is 0. The summed E-state index contributed by atoms with van der Waals surface area (Å²) in [6.45, 7) is 0. The van der Waals surface area contributed by atoms with Gasteiger partial charge >= 0.3 is 0 Å². The van der Waals surface area contributed by atoms with Crippen molar-refractivity contribution in [2.45, 2.75) is 0 Å². The zero-order valence-electron chi connectivity index (χ0n) is 26.2. The predicted octanol–water partition coefficient (Wildman–Crippen LogP) is 12.0. The number of hydrogen-bond acceptors (Lipinski definition) is 1. The van der Waals surface area contributed by atoms with Crippen molar-refractivity contribution in [2.24, 2.45) is 0 Å². The molecule has 0 aliphatic rings. The van der Waals surface area contributed by atoms with Gasteiger partial charge in [0.15, 0.2) is 0 Å². The van der Waals surface area contributed by atoms with Crippen LogP contribution < -0.4 is 0 Å². The maximum Gasteiger partial charge on any atom is 0.136 e. The fourth-order valence-electron chi connectivity index (χ4n) is 6.59. The molecule has 0 bridgehead atoms. The van der Waals surface area contributed by atoms with E-state index in [4.69, 9.17) is 5.79 Å². The average Bonchev–Trinajstić information content (AvgIpc) is 3.48. The number of fused-ring (bicyclic) bond motifs is 6. The number of furan rings is 1. The Morgan fingerprint density at radius 3 is 1.63 bits per heavy atom. The van der Waals surface area contributed by atoms with Gasteiger partial charge in [0.25, 0.3) is 0 Å². The molecule has 0 atom stereocenters. The molecule has 1 heteroatoms. The largest absolute Gasteiger partial charge is 0.456 e. The highest BCUT2D eigenvalue weighted by Gasteiger charge is 2.18. The molecule has 0 fully saturated rings. The van der Waals surface area contributed by atoms with Crippen LogP contribution in [0.15, 0.2) is 162 Å². The second kappa shape index (κ2) is 9.44. The summed E-state index contributed by atoms with van der Waals surface area (Å²) in [6.07, 6.45) is 0.